The van der Waals surface area contributed by atoms with E-state index in [1.54, 1.807) is 0 Å². The smallest absolute Gasteiger partial charge is 0.105 e. The first-order chi connectivity index (χ1) is 9.52. The molecule has 2 rings (SSSR count). The SMILES string of the molecule is CCC(C)c1ccc(C(O)c2cc(Cl)ccc2I)cc1. The monoisotopic (exact) mass is 400 g/mol. The molecule has 1 N–H and O–H groups in total. The van der Waals surface area contributed by atoms with Gasteiger partial charge in [0.05, 0.1) is 0 Å². The summed E-state index contributed by atoms with van der Waals surface area (Å²) in [6.07, 6.45) is 0.486. The summed E-state index contributed by atoms with van der Waals surface area (Å²) < 4.78 is 1.02. The molecule has 0 heterocycles. The van der Waals surface area contributed by atoms with Gasteiger partial charge in [-0.3, -0.25) is 0 Å². The Morgan fingerprint density at radius 2 is 1.70 bits per heavy atom. The van der Waals surface area contributed by atoms with Crippen molar-refractivity contribution in [2.24, 2.45) is 0 Å². The van der Waals surface area contributed by atoms with Gasteiger partial charge in [-0.1, -0.05) is 49.7 Å². The first kappa shape index (κ1) is 15.8. The summed E-state index contributed by atoms with van der Waals surface area (Å²) in [4.78, 5) is 0. The molecule has 0 saturated heterocycles. The van der Waals surface area contributed by atoms with Crippen molar-refractivity contribution in [2.75, 3.05) is 0 Å². The maximum Gasteiger partial charge on any atom is 0.105 e. The Labute approximate surface area is 139 Å². The van der Waals surface area contributed by atoms with Gasteiger partial charge in [0, 0.05) is 8.59 Å². The average molecular weight is 401 g/mol. The molecular weight excluding hydrogens is 383 g/mol. The number of hydrogen-bond acceptors (Lipinski definition) is 1. The number of aliphatic hydroxyl groups is 1. The van der Waals surface area contributed by atoms with E-state index in [-0.39, 0.29) is 0 Å². The fourth-order valence-electron chi connectivity index (χ4n) is 2.15. The molecule has 0 spiro atoms. The number of rotatable bonds is 4. The van der Waals surface area contributed by atoms with Crippen molar-refractivity contribution in [1.29, 1.82) is 0 Å². The summed E-state index contributed by atoms with van der Waals surface area (Å²) in [6, 6.07) is 13.8. The van der Waals surface area contributed by atoms with Crippen LogP contribution in [0.2, 0.25) is 5.02 Å². The van der Waals surface area contributed by atoms with Crippen molar-refractivity contribution in [2.45, 2.75) is 32.3 Å². The lowest BCUT2D eigenvalue weighted by Crippen LogP contribution is -2.02. The van der Waals surface area contributed by atoms with E-state index in [0.717, 1.165) is 21.1 Å². The van der Waals surface area contributed by atoms with Gasteiger partial charge in [0.1, 0.15) is 6.10 Å². The van der Waals surface area contributed by atoms with Crippen molar-refractivity contribution in [3.63, 3.8) is 0 Å². The Balaban J connectivity index is 2.29. The predicted octanol–water partition coefficient (Wildman–Crippen LogP) is 5.54. The number of benzene rings is 2. The highest BCUT2D eigenvalue weighted by atomic mass is 127. The molecule has 0 fully saturated rings. The van der Waals surface area contributed by atoms with E-state index < -0.39 is 6.10 Å². The maximum atomic E-state index is 10.5. The summed E-state index contributed by atoms with van der Waals surface area (Å²) in [5.74, 6) is 0.549. The third-order valence-electron chi connectivity index (χ3n) is 3.69. The number of hydrogen-bond donors (Lipinski definition) is 1. The zero-order chi connectivity index (χ0) is 14.7. The van der Waals surface area contributed by atoms with Gasteiger partial charge in [-0.2, -0.15) is 0 Å². The van der Waals surface area contributed by atoms with Crippen LogP contribution in [0.3, 0.4) is 0 Å². The second kappa shape index (κ2) is 6.92. The molecule has 0 aromatic heterocycles. The minimum Gasteiger partial charge on any atom is -0.384 e. The van der Waals surface area contributed by atoms with Gasteiger partial charge in [0.15, 0.2) is 0 Å². The van der Waals surface area contributed by atoms with Crippen LogP contribution in [0, 0.1) is 3.57 Å². The largest absolute Gasteiger partial charge is 0.384 e. The van der Waals surface area contributed by atoms with Gasteiger partial charge < -0.3 is 5.11 Å². The molecule has 3 heteroatoms. The summed E-state index contributed by atoms with van der Waals surface area (Å²) in [5.41, 5.74) is 3.07. The average Bonchev–Trinajstić information content (AvgIpc) is 2.48. The fourth-order valence-corrected chi connectivity index (χ4v) is 2.96. The van der Waals surface area contributed by atoms with Gasteiger partial charge in [-0.15, -0.1) is 0 Å². The molecule has 0 amide bonds. The van der Waals surface area contributed by atoms with Crippen molar-refractivity contribution in [1.82, 2.24) is 0 Å². The van der Waals surface area contributed by atoms with Crippen molar-refractivity contribution < 1.29 is 5.11 Å². The van der Waals surface area contributed by atoms with E-state index in [9.17, 15) is 5.11 Å². The Kier molecular flexibility index (Phi) is 5.47. The third kappa shape index (κ3) is 3.54. The normalized spacial score (nSPS) is 14.1. The maximum absolute atomic E-state index is 10.5. The molecule has 2 unspecified atom stereocenters. The third-order valence-corrected chi connectivity index (χ3v) is 4.90. The van der Waals surface area contributed by atoms with Crippen LogP contribution in [0.25, 0.3) is 0 Å². The Hall–Kier alpha value is -0.580. The molecule has 0 aliphatic carbocycles. The summed E-state index contributed by atoms with van der Waals surface area (Å²) in [6.45, 7) is 4.40. The lowest BCUT2D eigenvalue weighted by Gasteiger charge is -2.15. The summed E-state index contributed by atoms with van der Waals surface area (Å²) in [7, 11) is 0. The van der Waals surface area contributed by atoms with E-state index >= 15 is 0 Å². The lowest BCUT2D eigenvalue weighted by molar-refractivity contribution is 0.219. The molecule has 2 aromatic carbocycles. The Bertz CT molecular complexity index is 580. The second-order valence-corrected chi connectivity index (χ2v) is 6.64. The standard InChI is InChI=1S/C17H18ClIO/c1-3-11(2)12-4-6-13(7-5-12)17(20)15-10-14(18)8-9-16(15)19/h4-11,17,20H,3H2,1-2H3. The van der Waals surface area contributed by atoms with Gasteiger partial charge in [-0.05, 0) is 69.8 Å². The Morgan fingerprint density at radius 1 is 1.10 bits per heavy atom. The first-order valence-electron chi connectivity index (χ1n) is 6.75. The summed E-state index contributed by atoms with van der Waals surface area (Å²) >= 11 is 8.24. The highest BCUT2D eigenvalue weighted by molar-refractivity contribution is 14.1. The minimum absolute atomic E-state index is 0.549. The molecule has 0 aliphatic heterocycles. The Morgan fingerprint density at radius 3 is 2.30 bits per heavy atom. The predicted molar refractivity (Wildman–Crippen MR) is 93.4 cm³/mol. The van der Waals surface area contributed by atoms with E-state index in [4.69, 9.17) is 11.6 Å². The van der Waals surface area contributed by atoms with E-state index in [2.05, 4.69) is 48.6 Å². The molecular formula is C17H18ClIO. The molecule has 1 nitrogen and oxygen atoms in total. The molecule has 0 saturated carbocycles. The molecule has 0 radical (unpaired) electrons. The van der Waals surface area contributed by atoms with Crippen molar-refractivity contribution in [3.05, 3.63) is 67.7 Å². The summed E-state index contributed by atoms with van der Waals surface area (Å²) in [5, 5.41) is 11.2. The topological polar surface area (TPSA) is 20.2 Å². The zero-order valence-corrected chi connectivity index (χ0v) is 14.5. The van der Waals surface area contributed by atoms with Crippen LogP contribution in [-0.4, -0.2) is 5.11 Å². The van der Waals surface area contributed by atoms with Crippen LogP contribution in [0.5, 0.6) is 0 Å². The van der Waals surface area contributed by atoms with E-state index in [1.165, 1.54) is 5.56 Å². The van der Waals surface area contributed by atoms with Crippen molar-refractivity contribution in [3.8, 4) is 0 Å². The number of aliphatic hydroxyl groups excluding tert-OH is 1. The number of halogens is 2. The van der Waals surface area contributed by atoms with Crippen LogP contribution in [0.15, 0.2) is 42.5 Å². The first-order valence-corrected chi connectivity index (χ1v) is 8.21. The van der Waals surface area contributed by atoms with Crippen LogP contribution in [0.4, 0.5) is 0 Å². The van der Waals surface area contributed by atoms with Crippen LogP contribution < -0.4 is 0 Å². The molecule has 2 atom stereocenters. The minimum atomic E-state index is -0.633. The highest BCUT2D eigenvalue weighted by Crippen LogP contribution is 2.29. The van der Waals surface area contributed by atoms with Gasteiger partial charge >= 0.3 is 0 Å². The van der Waals surface area contributed by atoms with Crippen LogP contribution in [-0.2, 0) is 0 Å². The van der Waals surface area contributed by atoms with Crippen LogP contribution in [0.1, 0.15) is 49.0 Å². The van der Waals surface area contributed by atoms with Gasteiger partial charge in [0.2, 0.25) is 0 Å². The zero-order valence-electron chi connectivity index (χ0n) is 11.6. The van der Waals surface area contributed by atoms with Gasteiger partial charge in [-0.25, -0.2) is 0 Å². The highest BCUT2D eigenvalue weighted by Gasteiger charge is 2.14. The molecule has 0 bridgehead atoms. The fraction of sp³-hybridized carbons (Fsp3) is 0.294. The molecule has 106 valence electrons. The molecule has 20 heavy (non-hydrogen) atoms. The lowest BCUT2D eigenvalue weighted by atomic mass is 9.95. The molecule has 2 aromatic rings. The quantitative estimate of drug-likeness (QED) is 0.668. The van der Waals surface area contributed by atoms with Crippen molar-refractivity contribution >= 4 is 34.2 Å². The second-order valence-electron chi connectivity index (χ2n) is 5.04. The van der Waals surface area contributed by atoms with Crippen LogP contribution >= 0.6 is 34.2 Å². The van der Waals surface area contributed by atoms with Gasteiger partial charge in [0.25, 0.3) is 0 Å². The molecule has 0 aliphatic rings. The van der Waals surface area contributed by atoms with E-state index in [1.807, 2.05) is 30.3 Å². The van der Waals surface area contributed by atoms with E-state index in [0.29, 0.717) is 10.9 Å².